The van der Waals surface area contributed by atoms with Crippen LogP contribution in [-0.4, -0.2) is 35.7 Å². The van der Waals surface area contributed by atoms with Gasteiger partial charge in [-0.25, -0.2) is 13.8 Å². The average Bonchev–Trinajstić information content (AvgIpc) is 3.61. The molecule has 1 aliphatic rings. The standard InChI is InChI=1S/C30H26Cl2FN7O3/c1-16-4-3-5-20(23-10-18(8-9-34-23)29-24(36-30(16)42)13-35-40(29)17(2)33)22-15-43-27(12-26(22)41)21-11-19(31)6-7-25(21)39-14-28(32)37-38-39/h6-17,20H,3-5H2,1-2H3,(H,36,42)/t16-,17?,20+/m1/s1. The Kier molecular flexibility index (Phi) is 7.85. The zero-order chi connectivity index (χ0) is 30.2. The lowest BCUT2D eigenvalue weighted by molar-refractivity contribution is -0.119. The molecule has 0 saturated heterocycles. The maximum Gasteiger partial charge on any atom is 0.227 e. The van der Waals surface area contributed by atoms with E-state index in [9.17, 15) is 14.0 Å². The highest BCUT2D eigenvalue weighted by Crippen LogP contribution is 2.36. The highest BCUT2D eigenvalue weighted by molar-refractivity contribution is 6.31. The molecule has 1 amide bonds. The van der Waals surface area contributed by atoms with Gasteiger partial charge in [-0.3, -0.25) is 14.6 Å². The van der Waals surface area contributed by atoms with Gasteiger partial charge in [-0.2, -0.15) is 5.10 Å². The van der Waals surface area contributed by atoms with Crippen LogP contribution in [0.25, 0.3) is 28.3 Å². The number of amides is 1. The van der Waals surface area contributed by atoms with Gasteiger partial charge in [0.2, 0.25) is 5.91 Å². The third-order valence-corrected chi connectivity index (χ3v) is 7.96. The highest BCUT2D eigenvalue weighted by Gasteiger charge is 2.26. The number of pyridine rings is 1. The van der Waals surface area contributed by atoms with E-state index in [1.54, 1.807) is 36.5 Å². The molecule has 0 radical (unpaired) electrons. The molecule has 4 aromatic heterocycles. The van der Waals surface area contributed by atoms with E-state index in [4.69, 9.17) is 27.6 Å². The molecular formula is C30H26Cl2FN7O3. The third-order valence-electron chi connectivity index (χ3n) is 7.55. The molecule has 1 aliphatic heterocycles. The molecule has 0 spiro atoms. The molecule has 0 saturated carbocycles. The number of fused-ring (bicyclic) bond motifs is 4. The summed E-state index contributed by atoms with van der Waals surface area (Å²) in [5.74, 6) is -0.678. The van der Waals surface area contributed by atoms with E-state index >= 15 is 0 Å². The number of benzene rings is 1. The SMILES string of the molecule is CC(F)n1ncc2c1-c1ccnc(c1)[C@H](c1coc(-c3cc(Cl)ccc3-n3cc(Cl)nn3)cc1=O)CCC[C@@H](C)C(=O)N2. The molecule has 1 aromatic carbocycles. The van der Waals surface area contributed by atoms with Crippen LogP contribution in [-0.2, 0) is 4.79 Å². The summed E-state index contributed by atoms with van der Waals surface area (Å²) in [7, 11) is 0. The first-order valence-corrected chi connectivity index (χ1v) is 14.4. The summed E-state index contributed by atoms with van der Waals surface area (Å²) in [5, 5.41) is 15.6. The van der Waals surface area contributed by atoms with Crippen molar-refractivity contribution in [1.82, 2.24) is 29.8 Å². The maximum atomic E-state index is 14.6. The summed E-state index contributed by atoms with van der Waals surface area (Å²) in [6.07, 6.45) is 6.34. The first kappa shape index (κ1) is 28.8. The number of carbonyl (C=O) groups is 1. The molecular weight excluding hydrogens is 596 g/mol. The summed E-state index contributed by atoms with van der Waals surface area (Å²) in [6.45, 7) is 3.21. The van der Waals surface area contributed by atoms with E-state index in [-0.39, 0.29) is 28.2 Å². The van der Waals surface area contributed by atoms with Crippen LogP contribution in [0, 0.1) is 5.92 Å². The number of aromatic nitrogens is 6. The summed E-state index contributed by atoms with van der Waals surface area (Å²) < 4.78 is 23.3. The van der Waals surface area contributed by atoms with Gasteiger partial charge < -0.3 is 9.73 Å². The van der Waals surface area contributed by atoms with Crippen molar-refractivity contribution in [2.24, 2.45) is 5.92 Å². The minimum absolute atomic E-state index is 0.187. The molecule has 43 heavy (non-hydrogen) atoms. The van der Waals surface area contributed by atoms with Gasteiger partial charge in [0.25, 0.3) is 0 Å². The summed E-state index contributed by atoms with van der Waals surface area (Å²) >= 11 is 12.3. The Morgan fingerprint density at radius 2 is 1.98 bits per heavy atom. The second kappa shape index (κ2) is 11.7. The fraction of sp³-hybridized carbons (Fsp3) is 0.267. The zero-order valence-corrected chi connectivity index (χ0v) is 24.7. The summed E-state index contributed by atoms with van der Waals surface area (Å²) in [4.78, 5) is 31.3. The smallest absolute Gasteiger partial charge is 0.227 e. The largest absolute Gasteiger partial charge is 0.464 e. The Balaban J connectivity index is 1.45. The Morgan fingerprint density at radius 1 is 1.14 bits per heavy atom. The van der Waals surface area contributed by atoms with Gasteiger partial charge in [-0.1, -0.05) is 41.8 Å². The van der Waals surface area contributed by atoms with Crippen LogP contribution in [0.4, 0.5) is 10.1 Å². The van der Waals surface area contributed by atoms with Gasteiger partial charge in [-0.05, 0) is 50.1 Å². The Bertz CT molecular complexity index is 1880. The lowest BCUT2D eigenvalue weighted by Crippen LogP contribution is -2.22. The molecule has 3 atom stereocenters. The highest BCUT2D eigenvalue weighted by atomic mass is 35.5. The van der Waals surface area contributed by atoms with Crippen molar-refractivity contribution in [3.05, 3.63) is 92.9 Å². The quantitative estimate of drug-likeness (QED) is 0.233. The molecule has 220 valence electrons. The van der Waals surface area contributed by atoms with Crippen LogP contribution < -0.4 is 10.7 Å². The van der Waals surface area contributed by atoms with Gasteiger partial charge in [0.15, 0.2) is 16.9 Å². The van der Waals surface area contributed by atoms with Crippen molar-refractivity contribution in [3.63, 3.8) is 0 Å². The van der Waals surface area contributed by atoms with Gasteiger partial charge >= 0.3 is 0 Å². The van der Waals surface area contributed by atoms with Crippen molar-refractivity contribution < 1.29 is 13.6 Å². The van der Waals surface area contributed by atoms with Gasteiger partial charge in [0, 0.05) is 51.5 Å². The van der Waals surface area contributed by atoms with Gasteiger partial charge in [0.05, 0.1) is 35.7 Å². The van der Waals surface area contributed by atoms with Crippen molar-refractivity contribution in [2.75, 3.05) is 5.32 Å². The van der Waals surface area contributed by atoms with Crippen LogP contribution >= 0.6 is 23.2 Å². The number of halogens is 3. The number of nitrogens with zero attached hydrogens (tertiary/aromatic N) is 6. The molecule has 6 rings (SSSR count). The van der Waals surface area contributed by atoms with Crippen LogP contribution in [0.3, 0.4) is 0 Å². The number of alkyl halides is 1. The van der Waals surface area contributed by atoms with E-state index < -0.39 is 12.2 Å². The number of carbonyl (C=O) groups excluding carboxylic acids is 1. The van der Waals surface area contributed by atoms with Crippen LogP contribution in [0.15, 0.2) is 70.5 Å². The number of anilines is 1. The first-order valence-electron chi connectivity index (χ1n) is 13.7. The minimum Gasteiger partial charge on any atom is -0.464 e. The molecule has 2 bridgehead atoms. The van der Waals surface area contributed by atoms with Crippen LogP contribution in [0.1, 0.15) is 56.6 Å². The molecule has 5 aromatic rings. The Hall–Kier alpha value is -4.35. The lowest BCUT2D eigenvalue weighted by atomic mass is 9.88. The maximum absolute atomic E-state index is 14.6. The Labute approximate surface area is 255 Å². The second-order valence-corrected chi connectivity index (χ2v) is 11.3. The second-order valence-electron chi connectivity index (χ2n) is 10.5. The number of hydrogen-bond donors (Lipinski definition) is 1. The zero-order valence-electron chi connectivity index (χ0n) is 23.2. The number of hydrogen-bond acceptors (Lipinski definition) is 7. The van der Waals surface area contributed by atoms with Gasteiger partial charge in [-0.15, -0.1) is 5.10 Å². The van der Waals surface area contributed by atoms with Crippen molar-refractivity contribution in [2.45, 2.75) is 45.3 Å². The van der Waals surface area contributed by atoms with E-state index in [0.717, 1.165) is 0 Å². The minimum atomic E-state index is -1.44. The topological polar surface area (TPSA) is 121 Å². The predicted molar refractivity (Wildman–Crippen MR) is 160 cm³/mol. The Morgan fingerprint density at radius 3 is 2.72 bits per heavy atom. The third kappa shape index (κ3) is 5.70. The summed E-state index contributed by atoms with van der Waals surface area (Å²) in [6, 6.07) is 10.0. The fourth-order valence-electron chi connectivity index (χ4n) is 5.36. The van der Waals surface area contributed by atoms with Crippen molar-refractivity contribution in [3.8, 4) is 28.3 Å². The summed E-state index contributed by atoms with van der Waals surface area (Å²) in [5.41, 5.74) is 3.29. The van der Waals surface area contributed by atoms with Gasteiger partial charge in [0.1, 0.15) is 5.76 Å². The monoisotopic (exact) mass is 621 g/mol. The normalized spacial score (nSPS) is 17.8. The molecule has 13 heteroatoms. The van der Waals surface area contributed by atoms with E-state index in [1.165, 1.54) is 41.0 Å². The molecule has 5 heterocycles. The van der Waals surface area contributed by atoms with Crippen molar-refractivity contribution >= 4 is 34.8 Å². The van der Waals surface area contributed by atoms with E-state index in [2.05, 4.69) is 25.7 Å². The molecule has 0 fully saturated rings. The predicted octanol–water partition coefficient (Wildman–Crippen LogP) is 6.83. The molecule has 10 nitrogen and oxygen atoms in total. The van der Waals surface area contributed by atoms with Crippen LogP contribution in [0.5, 0.6) is 0 Å². The van der Waals surface area contributed by atoms with Crippen molar-refractivity contribution in [1.29, 1.82) is 0 Å². The van der Waals surface area contributed by atoms with E-state index in [1.807, 2.05) is 6.92 Å². The number of rotatable bonds is 4. The van der Waals surface area contributed by atoms with Crippen LogP contribution in [0.2, 0.25) is 10.2 Å². The number of nitrogens with one attached hydrogen (secondary N) is 1. The molecule has 1 N–H and O–H groups in total. The fourth-order valence-corrected chi connectivity index (χ4v) is 5.66. The average molecular weight is 622 g/mol. The first-order chi connectivity index (χ1) is 20.7. The molecule has 0 aliphatic carbocycles. The molecule has 1 unspecified atom stereocenters. The lowest BCUT2D eigenvalue weighted by Gasteiger charge is -2.20. The van der Waals surface area contributed by atoms with E-state index in [0.29, 0.717) is 63.7 Å².